The van der Waals surface area contributed by atoms with Crippen molar-refractivity contribution >= 4 is 21.6 Å². The second-order valence-corrected chi connectivity index (χ2v) is 7.28. The smallest absolute Gasteiger partial charge is 0.265 e. The van der Waals surface area contributed by atoms with Gasteiger partial charge in [-0.1, -0.05) is 18.2 Å². The maximum atomic E-state index is 13.0. The van der Waals surface area contributed by atoms with Crippen molar-refractivity contribution in [2.75, 3.05) is 17.4 Å². The number of para-hydroxylation sites is 1. The zero-order chi connectivity index (χ0) is 16.6. The van der Waals surface area contributed by atoms with Gasteiger partial charge in [-0.05, 0) is 17.7 Å². The number of aryl methyl sites for hydroxylation is 1. The normalized spacial score (nSPS) is 15.1. The van der Waals surface area contributed by atoms with Gasteiger partial charge in [0.25, 0.3) is 15.9 Å². The number of hydrogen-bond donors (Lipinski definition) is 2. The van der Waals surface area contributed by atoms with E-state index in [1.165, 1.54) is 21.1 Å². The van der Waals surface area contributed by atoms with Gasteiger partial charge >= 0.3 is 0 Å². The van der Waals surface area contributed by atoms with Crippen LogP contribution >= 0.6 is 0 Å². The highest BCUT2D eigenvalue weighted by molar-refractivity contribution is 7.92. The summed E-state index contributed by atoms with van der Waals surface area (Å²) in [5.41, 5.74) is 7.00. The van der Waals surface area contributed by atoms with Crippen LogP contribution in [0.25, 0.3) is 0 Å². The molecule has 0 unspecified atom stereocenters. The molecule has 1 aromatic heterocycles. The van der Waals surface area contributed by atoms with E-state index in [2.05, 4.69) is 5.32 Å². The van der Waals surface area contributed by atoms with Crippen LogP contribution in [0.4, 0.5) is 5.69 Å². The first-order chi connectivity index (χ1) is 10.9. The summed E-state index contributed by atoms with van der Waals surface area (Å²) < 4.78 is 28.9. The van der Waals surface area contributed by atoms with Crippen LogP contribution in [0.2, 0.25) is 0 Å². The Hall–Kier alpha value is -2.32. The van der Waals surface area contributed by atoms with Crippen molar-refractivity contribution in [1.82, 2.24) is 9.88 Å². The molecule has 7 nitrogen and oxygen atoms in total. The Kier molecular flexibility index (Phi) is 3.87. The summed E-state index contributed by atoms with van der Waals surface area (Å²) in [5.74, 6) is -0.660. The van der Waals surface area contributed by atoms with Crippen LogP contribution in [0.5, 0.6) is 0 Å². The summed E-state index contributed by atoms with van der Waals surface area (Å²) in [5, 5.41) is 3.21. The third-order valence-corrected chi connectivity index (χ3v) is 5.67. The summed E-state index contributed by atoms with van der Waals surface area (Å²) in [6.07, 6.45) is 1.41. The molecular formula is C15H18N4O3S. The first kappa shape index (κ1) is 15.6. The Morgan fingerprint density at radius 2 is 2.04 bits per heavy atom. The third-order valence-electron chi connectivity index (χ3n) is 3.89. The zero-order valence-corrected chi connectivity index (χ0v) is 13.5. The van der Waals surface area contributed by atoms with E-state index < -0.39 is 15.9 Å². The van der Waals surface area contributed by atoms with E-state index >= 15 is 0 Å². The summed E-state index contributed by atoms with van der Waals surface area (Å²) in [6, 6.07) is 8.70. The molecule has 1 aliphatic heterocycles. The lowest BCUT2D eigenvalue weighted by molar-refractivity contribution is 0.0992. The van der Waals surface area contributed by atoms with Gasteiger partial charge in [-0.2, -0.15) is 0 Å². The number of amides is 1. The maximum Gasteiger partial charge on any atom is 0.265 e. The monoisotopic (exact) mass is 334 g/mol. The minimum absolute atomic E-state index is 0.0607. The lowest BCUT2D eigenvalue weighted by atomic mass is 10.2. The molecule has 122 valence electrons. The first-order valence-corrected chi connectivity index (χ1v) is 8.63. The largest absolute Gasteiger partial charge is 0.364 e. The van der Waals surface area contributed by atoms with Gasteiger partial charge in [0.15, 0.2) is 0 Å². The number of carbonyl (C=O) groups is 1. The number of nitrogens with two attached hydrogens (primary N) is 1. The molecule has 1 aromatic carbocycles. The fourth-order valence-electron chi connectivity index (χ4n) is 2.72. The molecule has 1 aliphatic rings. The Bertz CT molecular complexity index is 857. The molecule has 0 saturated carbocycles. The Morgan fingerprint density at radius 3 is 2.74 bits per heavy atom. The molecule has 2 heterocycles. The molecular weight excluding hydrogens is 316 g/mol. The molecule has 3 rings (SSSR count). The Balaban J connectivity index is 2.09. The van der Waals surface area contributed by atoms with Crippen molar-refractivity contribution in [3.8, 4) is 0 Å². The average molecular weight is 334 g/mol. The van der Waals surface area contributed by atoms with E-state index in [1.807, 2.05) is 18.2 Å². The van der Waals surface area contributed by atoms with Gasteiger partial charge in [-0.3, -0.25) is 9.10 Å². The molecule has 23 heavy (non-hydrogen) atoms. The van der Waals surface area contributed by atoms with Crippen molar-refractivity contribution < 1.29 is 13.2 Å². The van der Waals surface area contributed by atoms with Gasteiger partial charge in [-0.15, -0.1) is 0 Å². The lowest BCUT2D eigenvalue weighted by Crippen LogP contribution is -2.34. The summed E-state index contributed by atoms with van der Waals surface area (Å²) in [4.78, 5) is 11.4. The minimum Gasteiger partial charge on any atom is -0.364 e. The van der Waals surface area contributed by atoms with Crippen LogP contribution in [0.3, 0.4) is 0 Å². The molecule has 0 saturated heterocycles. The predicted molar refractivity (Wildman–Crippen MR) is 86.6 cm³/mol. The fourth-order valence-corrected chi connectivity index (χ4v) is 4.30. The number of sulfonamides is 1. The number of anilines is 1. The number of fused-ring (bicyclic) bond motifs is 1. The van der Waals surface area contributed by atoms with Gasteiger partial charge in [0, 0.05) is 32.9 Å². The van der Waals surface area contributed by atoms with Crippen LogP contribution in [-0.4, -0.2) is 32.0 Å². The summed E-state index contributed by atoms with van der Waals surface area (Å²) >= 11 is 0. The summed E-state index contributed by atoms with van der Waals surface area (Å²) in [6.45, 7) is 1.48. The molecule has 0 fully saturated rings. The second kappa shape index (κ2) is 5.71. The van der Waals surface area contributed by atoms with Gasteiger partial charge in [0.05, 0.1) is 5.69 Å². The van der Waals surface area contributed by atoms with Crippen molar-refractivity contribution in [3.05, 3.63) is 47.8 Å². The minimum atomic E-state index is -3.77. The van der Waals surface area contributed by atoms with E-state index in [-0.39, 0.29) is 10.6 Å². The van der Waals surface area contributed by atoms with Gasteiger partial charge in [0.1, 0.15) is 10.6 Å². The molecule has 2 aromatic rings. The van der Waals surface area contributed by atoms with E-state index in [4.69, 9.17) is 5.73 Å². The molecule has 0 aliphatic carbocycles. The standard InChI is InChI=1S/C15H18N4O3S/c1-18-10-12(8-14(18)15(16)20)23(21,22)19-7-6-17-9-11-4-2-3-5-13(11)19/h2-5,8,10,17H,6-7,9H2,1H3,(H2,16,20). The van der Waals surface area contributed by atoms with Gasteiger partial charge < -0.3 is 15.6 Å². The van der Waals surface area contributed by atoms with E-state index in [1.54, 1.807) is 13.1 Å². The van der Waals surface area contributed by atoms with Crippen molar-refractivity contribution in [3.63, 3.8) is 0 Å². The molecule has 0 bridgehead atoms. The number of primary amides is 1. The predicted octanol–water partition coefficient (Wildman–Crippen LogP) is 0.422. The van der Waals surface area contributed by atoms with E-state index in [0.29, 0.717) is 25.3 Å². The number of nitrogens with zero attached hydrogens (tertiary/aromatic N) is 2. The Morgan fingerprint density at radius 1 is 1.30 bits per heavy atom. The highest BCUT2D eigenvalue weighted by Gasteiger charge is 2.29. The highest BCUT2D eigenvalue weighted by Crippen LogP contribution is 2.28. The van der Waals surface area contributed by atoms with Crippen molar-refractivity contribution in [1.29, 1.82) is 0 Å². The second-order valence-electron chi connectivity index (χ2n) is 5.42. The third kappa shape index (κ3) is 2.71. The van der Waals surface area contributed by atoms with E-state index in [9.17, 15) is 13.2 Å². The quantitative estimate of drug-likeness (QED) is 0.850. The number of nitrogens with one attached hydrogen (secondary N) is 1. The van der Waals surface area contributed by atoms with Gasteiger partial charge in [-0.25, -0.2) is 8.42 Å². The SMILES string of the molecule is Cn1cc(S(=O)(=O)N2CCNCc3ccccc32)cc1C(N)=O. The number of aromatic nitrogens is 1. The molecule has 0 spiro atoms. The Labute approximate surface area is 134 Å². The number of rotatable bonds is 3. The molecule has 0 atom stereocenters. The fraction of sp³-hybridized carbons (Fsp3) is 0.267. The zero-order valence-electron chi connectivity index (χ0n) is 12.7. The van der Waals surface area contributed by atoms with Crippen molar-refractivity contribution in [2.45, 2.75) is 11.4 Å². The molecule has 8 heteroatoms. The number of carbonyl (C=O) groups excluding carboxylic acids is 1. The van der Waals surface area contributed by atoms with Crippen LogP contribution in [0, 0.1) is 0 Å². The first-order valence-electron chi connectivity index (χ1n) is 7.19. The topological polar surface area (TPSA) is 97.4 Å². The van der Waals surface area contributed by atoms with E-state index in [0.717, 1.165) is 5.56 Å². The maximum absolute atomic E-state index is 13.0. The molecule has 3 N–H and O–H groups in total. The number of hydrogen-bond acceptors (Lipinski definition) is 4. The molecule has 1 amide bonds. The number of benzene rings is 1. The van der Waals surface area contributed by atoms with Gasteiger partial charge in [0.2, 0.25) is 0 Å². The molecule has 0 radical (unpaired) electrons. The van der Waals surface area contributed by atoms with Crippen LogP contribution in [0.15, 0.2) is 41.4 Å². The van der Waals surface area contributed by atoms with Crippen LogP contribution < -0.4 is 15.4 Å². The average Bonchev–Trinajstić information content (AvgIpc) is 2.78. The van der Waals surface area contributed by atoms with Crippen LogP contribution in [0.1, 0.15) is 16.1 Å². The highest BCUT2D eigenvalue weighted by atomic mass is 32.2. The van der Waals surface area contributed by atoms with Crippen molar-refractivity contribution in [2.24, 2.45) is 12.8 Å². The summed E-state index contributed by atoms with van der Waals surface area (Å²) in [7, 11) is -2.17. The lowest BCUT2D eigenvalue weighted by Gasteiger charge is -2.23. The van der Waals surface area contributed by atoms with Crippen LogP contribution in [-0.2, 0) is 23.6 Å².